The molecular formula is C29H16BNO. The van der Waals surface area contributed by atoms with Crippen LogP contribution in [0.5, 0.6) is 11.5 Å². The molecule has 2 nitrogen and oxygen atoms in total. The molecule has 1 aliphatic rings. The molecule has 0 fully saturated rings. The van der Waals surface area contributed by atoms with Crippen LogP contribution in [0.2, 0.25) is 0 Å². The summed E-state index contributed by atoms with van der Waals surface area (Å²) in [6.07, 6.45) is 0. The maximum atomic E-state index is 9.69. The molecule has 0 saturated heterocycles. The SMILES string of the molecule is N#Cc1ccc2ccc3c4c(cc5ccc1c2c53)Oc1ccccc1B4c1ccccc1. The molecule has 0 spiro atoms. The molecule has 146 valence electrons. The highest BCUT2D eigenvalue weighted by Crippen LogP contribution is 2.39. The van der Waals surface area contributed by atoms with Gasteiger partial charge in [-0.25, -0.2) is 0 Å². The van der Waals surface area contributed by atoms with Crippen LogP contribution in [0.15, 0.2) is 97.1 Å². The van der Waals surface area contributed by atoms with Crippen LogP contribution >= 0.6 is 0 Å². The smallest absolute Gasteiger partial charge is 0.251 e. The minimum Gasteiger partial charge on any atom is -0.458 e. The first-order chi connectivity index (χ1) is 15.8. The minimum absolute atomic E-state index is 0.0798. The fraction of sp³-hybridized carbons (Fsp3) is 0. The summed E-state index contributed by atoms with van der Waals surface area (Å²) in [6.45, 7) is 0.0798. The van der Waals surface area contributed by atoms with Gasteiger partial charge in [-0.3, -0.25) is 0 Å². The zero-order valence-corrected chi connectivity index (χ0v) is 17.2. The quantitative estimate of drug-likeness (QED) is 0.282. The Kier molecular flexibility index (Phi) is 3.46. The van der Waals surface area contributed by atoms with Gasteiger partial charge in [-0.15, -0.1) is 0 Å². The molecule has 6 aromatic carbocycles. The second-order valence-corrected chi connectivity index (χ2v) is 8.42. The van der Waals surface area contributed by atoms with Crippen molar-refractivity contribution in [3.63, 3.8) is 0 Å². The van der Waals surface area contributed by atoms with E-state index < -0.39 is 0 Å². The molecule has 0 unspecified atom stereocenters. The van der Waals surface area contributed by atoms with Crippen LogP contribution in [0.25, 0.3) is 32.3 Å². The van der Waals surface area contributed by atoms with Crippen molar-refractivity contribution in [1.82, 2.24) is 0 Å². The van der Waals surface area contributed by atoms with E-state index in [0.717, 1.165) is 33.0 Å². The fourth-order valence-corrected chi connectivity index (χ4v) is 5.43. The Morgan fingerprint density at radius 1 is 0.656 bits per heavy atom. The van der Waals surface area contributed by atoms with Crippen LogP contribution in [-0.2, 0) is 0 Å². The van der Waals surface area contributed by atoms with E-state index in [1.165, 1.54) is 27.2 Å². The van der Waals surface area contributed by atoms with Crippen molar-refractivity contribution in [3.05, 3.63) is 103 Å². The predicted octanol–water partition coefficient (Wildman–Crippen LogP) is 5.08. The minimum atomic E-state index is 0.0798. The third-order valence-corrected chi connectivity index (χ3v) is 6.78. The second-order valence-electron chi connectivity index (χ2n) is 8.42. The van der Waals surface area contributed by atoms with Crippen molar-refractivity contribution >= 4 is 55.4 Å². The van der Waals surface area contributed by atoms with Crippen LogP contribution in [-0.4, -0.2) is 6.71 Å². The summed E-state index contributed by atoms with van der Waals surface area (Å²) in [5, 5.41) is 16.6. The van der Waals surface area contributed by atoms with Gasteiger partial charge in [0.05, 0.1) is 11.6 Å². The third-order valence-electron chi connectivity index (χ3n) is 6.78. The zero-order chi connectivity index (χ0) is 21.2. The third kappa shape index (κ3) is 2.24. The number of para-hydroxylation sites is 1. The molecule has 6 aromatic rings. The summed E-state index contributed by atoms with van der Waals surface area (Å²) in [6, 6.07) is 36.1. The van der Waals surface area contributed by atoms with Gasteiger partial charge >= 0.3 is 0 Å². The normalized spacial score (nSPS) is 12.5. The van der Waals surface area contributed by atoms with Crippen LogP contribution in [0.4, 0.5) is 0 Å². The zero-order valence-electron chi connectivity index (χ0n) is 17.2. The summed E-state index contributed by atoms with van der Waals surface area (Å²) >= 11 is 0. The van der Waals surface area contributed by atoms with E-state index >= 15 is 0 Å². The first kappa shape index (κ1) is 17.4. The maximum Gasteiger partial charge on any atom is 0.251 e. The van der Waals surface area contributed by atoms with Crippen LogP contribution < -0.4 is 21.1 Å². The first-order valence-corrected chi connectivity index (χ1v) is 10.8. The lowest BCUT2D eigenvalue weighted by molar-refractivity contribution is 0.488. The molecule has 0 N–H and O–H groups in total. The van der Waals surface area contributed by atoms with E-state index in [9.17, 15) is 5.26 Å². The standard InChI is InChI=1S/C29H16BNO/c31-17-20-11-10-18-12-15-23-28-19(13-14-22(20)27(18)28)16-26-29(23)30(21-6-2-1-3-7-21)24-8-4-5-9-25(24)32-26/h1-16H. The predicted molar refractivity (Wildman–Crippen MR) is 132 cm³/mol. The highest BCUT2D eigenvalue weighted by molar-refractivity contribution is 6.98. The first-order valence-electron chi connectivity index (χ1n) is 10.8. The highest BCUT2D eigenvalue weighted by atomic mass is 16.5. The van der Waals surface area contributed by atoms with Crippen molar-refractivity contribution in [2.24, 2.45) is 0 Å². The number of nitriles is 1. The lowest BCUT2D eigenvalue weighted by Crippen LogP contribution is -2.55. The van der Waals surface area contributed by atoms with Crippen molar-refractivity contribution in [2.75, 3.05) is 0 Å². The fourth-order valence-electron chi connectivity index (χ4n) is 5.43. The van der Waals surface area contributed by atoms with Crippen LogP contribution in [0, 0.1) is 11.3 Å². The van der Waals surface area contributed by atoms with E-state index in [0.29, 0.717) is 5.56 Å². The number of benzene rings is 6. The largest absolute Gasteiger partial charge is 0.458 e. The van der Waals surface area contributed by atoms with E-state index in [2.05, 4.69) is 91.0 Å². The van der Waals surface area contributed by atoms with Crippen molar-refractivity contribution in [1.29, 1.82) is 5.26 Å². The summed E-state index contributed by atoms with van der Waals surface area (Å²) in [5.41, 5.74) is 4.33. The number of ether oxygens (including phenoxy) is 1. The van der Waals surface area contributed by atoms with E-state index in [-0.39, 0.29) is 6.71 Å². The molecule has 1 aliphatic heterocycles. The summed E-state index contributed by atoms with van der Waals surface area (Å²) in [7, 11) is 0. The molecule has 32 heavy (non-hydrogen) atoms. The van der Waals surface area contributed by atoms with Crippen molar-refractivity contribution < 1.29 is 4.74 Å². The highest BCUT2D eigenvalue weighted by Gasteiger charge is 2.34. The molecule has 0 radical (unpaired) electrons. The number of nitrogens with zero attached hydrogens (tertiary/aromatic N) is 1. The van der Waals surface area contributed by atoms with Gasteiger partial charge in [0.1, 0.15) is 11.5 Å². The number of hydrogen-bond donors (Lipinski definition) is 0. The van der Waals surface area contributed by atoms with Gasteiger partial charge in [-0.1, -0.05) is 84.3 Å². The number of fused-ring (bicyclic) bond motifs is 3. The summed E-state index contributed by atoms with van der Waals surface area (Å²) < 4.78 is 6.47. The monoisotopic (exact) mass is 405 g/mol. The molecule has 0 aromatic heterocycles. The van der Waals surface area contributed by atoms with Gasteiger partial charge in [0.2, 0.25) is 0 Å². The molecule has 7 rings (SSSR count). The molecule has 0 saturated carbocycles. The molecular weight excluding hydrogens is 389 g/mol. The van der Waals surface area contributed by atoms with Gasteiger partial charge in [0.15, 0.2) is 0 Å². The van der Waals surface area contributed by atoms with Crippen molar-refractivity contribution in [2.45, 2.75) is 0 Å². The Balaban J connectivity index is 1.66. The van der Waals surface area contributed by atoms with E-state index in [1.807, 2.05) is 12.1 Å². The molecule has 0 aliphatic carbocycles. The summed E-state index contributed by atoms with van der Waals surface area (Å²) in [5.74, 6) is 1.82. The van der Waals surface area contributed by atoms with Gasteiger partial charge in [0, 0.05) is 5.39 Å². The van der Waals surface area contributed by atoms with Gasteiger partial charge in [0.25, 0.3) is 6.71 Å². The lowest BCUT2D eigenvalue weighted by Gasteiger charge is -2.29. The Morgan fingerprint density at radius 2 is 1.38 bits per heavy atom. The number of hydrogen-bond acceptors (Lipinski definition) is 2. The lowest BCUT2D eigenvalue weighted by atomic mass is 9.35. The topological polar surface area (TPSA) is 33.0 Å². The maximum absolute atomic E-state index is 9.69. The van der Waals surface area contributed by atoms with Gasteiger partial charge in [-0.2, -0.15) is 5.26 Å². The summed E-state index contributed by atoms with van der Waals surface area (Å²) in [4.78, 5) is 0. The second kappa shape index (κ2) is 6.36. The Labute approximate surface area is 185 Å². The number of rotatable bonds is 1. The van der Waals surface area contributed by atoms with Crippen LogP contribution in [0.3, 0.4) is 0 Å². The van der Waals surface area contributed by atoms with Gasteiger partial charge < -0.3 is 4.74 Å². The molecule has 1 heterocycles. The molecule has 0 amide bonds. The van der Waals surface area contributed by atoms with E-state index in [4.69, 9.17) is 4.74 Å². The Hall–Kier alpha value is -4.29. The molecule has 0 bridgehead atoms. The Morgan fingerprint density at radius 3 is 2.25 bits per heavy atom. The Bertz CT molecular complexity index is 1720. The molecule has 0 atom stereocenters. The van der Waals surface area contributed by atoms with Crippen LogP contribution in [0.1, 0.15) is 5.56 Å². The average Bonchev–Trinajstić information content (AvgIpc) is 2.85. The van der Waals surface area contributed by atoms with Gasteiger partial charge in [-0.05, 0) is 56.1 Å². The molecule has 3 heteroatoms. The van der Waals surface area contributed by atoms with E-state index in [1.54, 1.807) is 0 Å². The van der Waals surface area contributed by atoms with Crippen molar-refractivity contribution in [3.8, 4) is 17.6 Å². The average molecular weight is 405 g/mol.